The maximum atomic E-state index is 12.2. The van der Waals surface area contributed by atoms with E-state index in [2.05, 4.69) is 10.0 Å². The summed E-state index contributed by atoms with van der Waals surface area (Å²) in [6.07, 6.45) is 0. The van der Waals surface area contributed by atoms with E-state index < -0.39 is 22.5 Å². The minimum Gasteiger partial charge on any atom is -0.493 e. The summed E-state index contributed by atoms with van der Waals surface area (Å²) in [4.78, 5) is 11.9. The van der Waals surface area contributed by atoms with Gasteiger partial charge in [0.15, 0.2) is 11.5 Å². The van der Waals surface area contributed by atoms with Gasteiger partial charge in [-0.15, -0.1) is 0 Å². The maximum Gasteiger partial charge on any atom is 0.242 e. The van der Waals surface area contributed by atoms with Gasteiger partial charge in [0.1, 0.15) is 4.90 Å². The molecule has 0 bridgehead atoms. The third-order valence-corrected chi connectivity index (χ3v) is 5.12. The van der Waals surface area contributed by atoms with Crippen LogP contribution in [0.15, 0.2) is 47.4 Å². The zero-order valence-electron chi connectivity index (χ0n) is 13.6. The number of hydrogen-bond acceptors (Lipinski definition) is 5. The molecule has 7 nitrogen and oxygen atoms in total. The lowest BCUT2D eigenvalue weighted by atomic mass is 10.2. The zero-order chi connectivity index (χ0) is 18.4. The average molecular weight is 385 g/mol. The van der Waals surface area contributed by atoms with E-state index in [1.54, 1.807) is 30.3 Å². The molecule has 0 aliphatic rings. The van der Waals surface area contributed by atoms with Crippen molar-refractivity contribution in [2.24, 2.45) is 0 Å². The van der Waals surface area contributed by atoms with Gasteiger partial charge in [-0.1, -0.05) is 23.7 Å². The molecule has 0 aromatic heterocycles. The molecule has 0 fully saturated rings. The van der Waals surface area contributed by atoms with E-state index in [1.165, 1.54) is 26.4 Å². The second kappa shape index (κ2) is 8.19. The summed E-state index contributed by atoms with van der Waals surface area (Å²) in [5, 5.41) is 2.65. The predicted molar refractivity (Wildman–Crippen MR) is 94.8 cm³/mol. The van der Waals surface area contributed by atoms with Crippen LogP contribution in [0, 0.1) is 0 Å². The van der Waals surface area contributed by atoms with E-state index in [-0.39, 0.29) is 9.92 Å². The van der Waals surface area contributed by atoms with Gasteiger partial charge in [-0.25, -0.2) is 13.1 Å². The summed E-state index contributed by atoms with van der Waals surface area (Å²) >= 11 is 5.87. The van der Waals surface area contributed by atoms with E-state index in [4.69, 9.17) is 21.1 Å². The van der Waals surface area contributed by atoms with Crippen molar-refractivity contribution in [1.29, 1.82) is 0 Å². The Balaban J connectivity index is 2.02. The average Bonchev–Trinajstić information content (AvgIpc) is 2.60. The largest absolute Gasteiger partial charge is 0.493 e. The molecule has 0 heterocycles. The molecular weight excluding hydrogens is 368 g/mol. The Morgan fingerprint density at radius 1 is 1.08 bits per heavy atom. The van der Waals surface area contributed by atoms with Gasteiger partial charge in [0.25, 0.3) is 0 Å². The molecule has 0 saturated heterocycles. The lowest BCUT2D eigenvalue weighted by Crippen LogP contribution is -2.33. The standard InChI is InChI=1S/C16H17ClN2O5S/c1-23-13-8-7-11(9-14(13)24-2)19-16(20)10-18-25(21,22)15-6-4-3-5-12(15)17/h3-9,18H,10H2,1-2H3,(H,19,20). The Morgan fingerprint density at radius 3 is 2.40 bits per heavy atom. The first kappa shape index (κ1) is 19.0. The Hall–Kier alpha value is -2.29. The van der Waals surface area contributed by atoms with Crippen molar-refractivity contribution in [2.45, 2.75) is 4.90 Å². The summed E-state index contributed by atoms with van der Waals surface area (Å²) in [6, 6.07) is 10.8. The van der Waals surface area contributed by atoms with Crippen molar-refractivity contribution < 1.29 is 22.7 Å². The molecule has 25 heavy (non-hydrogen) atoms. The summed E-state index contributed by atoms with van der Waals surface area (Å²) < 4.78 is 36.8. The molecule has 0 radical (unpaired) electrons. The SMILES string of the molecule is COc1ccc(NC(=O)CNS(=O)(=O)c2ccccc2Cl)cc1OC. The van der Waals surface area contributed by atoms with Crippen LogP contribution in [0.3, 0.4) is 0 Å². The number of carbonyl (C=O) groups excluding carboxylic acids is 1. The molecule has 0 atom stereocenters. The molecule has 0 aliphatic carbocycles. The van der Waals surface area contributed by atoms with Crippen LogP contribution in [0.25, 0.3) is 0 Å². The molecule has 134 valence electrons. The molecule has 9 heteroatoms. The molecule has 1 amide bonds. The van der Waals surface area contributed by atoms with Crippen LogP contribution in [-0.4, -0.2) is 35.1 Å². The van der Waals surface area contributed by atoms with Gasteiger partial charge >= 0.3 is 0 Å². The van der Waals surface area contributed by atoms with E-state index >= 15 is 0 Å². The smallest absolute Gasteiger partial charge is 0.242 e. The van der Waals surface area contributed by atoms with Gasteiger partial charge in [0.2, 0.25) is 15.9 Å². The Bertz CT molecular complexity index is 871. The quantitative estimate of drug-likeness (QED) is 0.763. The minimum absolute atomic E-state index is 0.0790. The normalized spacial score (nSPS) is 11.0. The van der Waals surface area contributed by atoms with Crippen LogP contribution in [0.4, 0.5) is 5.69 Å². The van der Waals surface area contributed by atoms with Crippen LogP contribution < -0.4 is 19.5 Å². The molecule has 2 aromatic carbocycles. The van der Waals surface area contributed by atoms with Crippen LogP contribution >= 0.6 is 11.6 Å². The number of benzene rings is 2. The van der Waals surface area contributed by atoms with Crippen LogP contribution in [0.5, 0.6) is 11.5 Å². The maximum absolute atomic E-state index is 12.2. The summed E-state index contributed by atoms with van der Waals surface area (Å²) in [7, 11) is -0.916. The van der Waals surface area contributed by atoms with Crippen molar-refractivity contribution in [3.05, 3.63) is 47.5 Å². The number of rotatable bonds is 7. The number of anilines is 1. The van der Waals surface area contributed by atoms with Crippen molar-refractivity contribution in [3.63, 3.8) is 0 Å². The van der Waals surface area contributed by atoms with E-state index in [0.29, 0.717) is 17.2 Å². The number of nitrogens with one attached hydrogen (secondary N) is 2. The highest BCUT2D eigenvalue weighted by molar-refractivity contribution is 7.89. The number of carbonyl (C=O) groups is 1. The lowest BCUT2D eigenvalue weighted by molar-refractivity contribution is -0.115. The fourth-order valence-corrected chi connectivity index (χ4v) is 3.52. The van der Waals surface area contributed by atoms with Crippen molar-refractivity contribution in [3.8, 4) is 11.5 Å². The van der Waals surface area contributed by atoms with Gasteiger partial charge in [-0.3, -0.25) is 4.79 Å². The first-order valence-corrected chi connectivity index (χ1v) is 8.99. The van der Waals surface area contributed by atoms with Gasteiger partial charge in [-0.05, 0) is 24.3 Å². The Morgan fingerprint density at radius 2 is 1.76 bits per heavy atom. The lowest BCUT2D eigenvalue weighted by Gasteiger charge is -2.11. The molecular formula is C16H17ClN2O5S. The molecule has 0 aliphatic heterocycles. The highest BCUT2D eigenvalue weighted by atomic mass is 35.5. The first-order valence-electron chi connectivity index (χ1n) is 7.13. The van der Waals surface area contributed by atoms with Gasteiger partial charge in [0, 0.05) is 11.8 Å². The van der Waals surface area contributed by atoms with Crippen LogP contribution in [-0.2, 0) is 14.8 Å². The van der Waals surface area contributed by atoms with Crippen molar-refractivity contribution >= 4 is 33.2 Å². The third-order valence-electron chi connectivity index (χ3n) is 3.22. The van der Waals surface area contributed by atoms with Gasteiger partial charge in [-0.2, -0.15) is 0 Å². The zero-order valence-corrected chi connectivity index (χ0v) is 15.1. The van der Waals surface area contributed by atoms with Crippen LogP contribution in [0.2, 0.25) is 5.02 Å². The fourth-order valence-electron chi connectivity index (χ4n) is 2.02. The molecule has 2 rings (SSSR count). The number of hydrogen-bond donors (Lipinski definition) is 2. The summed E-state index contributed by atoms with van der Waals surface area (Å²) in [5.74, 6) is 0.416. The summed E-state index contributed by atoms with van der Waals surface area (Å²) in [5.41, 5.74) is 0.444. The number of halogens is 1. The molecule has 0 saturated carbocycles. The highest BCUT2D eigenvalue weighted by Gasteiger charge is 2.18. The fraction of sp³-hybridized carbons (Fsp3) is 0.188. The van der Waals surface area contributed by atoms with Crippen molar-refractivity contribution in [1.82, 2.24) is 4.72 Å². The Labute approximate surface area is 151 Å². The first-order chi connectivity index (χ1) is 11.9. The molecule has 2 N–H and O–H groups in total. The number of sulfonamides is 1. The highest BCUT2D eigenvalue weighted by Crippen LogP contribution is 2.29. The second-order valence-electron chi connectivity index (χ2n) is 4.87. The Kier molecular flexibility index (Phi) is 6.24. The van der Waals surface area contributed by atoms with Gasteiger partial charge < -0.3 is 14.8 Å². The monoisotopic (exact) mass is 384 g/mol. The number of ether oxygens (including phenoxy) is 2. The molecule has 0 spiro atoms. The second-order valence-corrected chi connectivity index (χ2v) is 7.02. The van der Waals surface area contributed by atoms with Crippen molar-refractivity contribution in [2.75, 3.05) is 26.1 Å². The number of amides is 1. The van der Waals surface area contributed by atoms with Crippen LogP contribution in [0.1, 0.15) is 0 Å². The van der Waals surface area contributed by atoms with E-state index in [9.17, 15) is 13.2 Å². The van der Waals surface area contributed by atoms with Gasteiger partial charge in [0.05, 0.1) is 25.8 Å². The van der Waals surface area contributed by atoms with E-state index in [1.807, 2.05) is 0 Å². The number of methoxy groups -OCH3 is 2. The summed E-state index contributed by atoms with van der Waals surface area (Å²) in [6.45, 7) is -0.443. The van der Waals surface area contributed by atoms with E-state index in [0.717, 1.165) is 0 Å². The molecule has 0 unspecified atom stereocenters. The third kappa shape index (κ3) is 4.85. The minimum atomic E-state index is -3.89. The topological polar surface area (TPSA) is 93.7 Å². The predicted octanol–water partition coefficient (Wildman–Crippen LogP) is 2.27. The molecule has 2 aromatic rings.